The fraction of sp³-hybridized carbons (Fsp3) is 0.375. The number of hydrogen-bond acceptors (Lipinski definition) is 5. The van der Waals surface area contributed by atoms with Crippen molar-refractivity contribution in [2.45, 2.75) is 24.8 Å². The van der Waals surface area contributed by atoms with Crippen molar-refractivity contribution in [3.8, 4) is 5.69 Å². The SMILES string of the molecule is CCN([C@H](C)COC)S(=O)(=O)c1ccc(-n2ncc(Cl)c(Cl)c2=O)cc1. The second kappa shape index (κ2) is 8.49. The van der Waals surface area contributed by atoms with Gasteiger partial charge >= 0.3 is 0 Å². The number of ether oxygens (including phenoxy) is 1. The van der Waals surface area contributed by atoms with Gasteiger partial charge in [0.15, 0.2) is 0 Å². The molecule has 0 amide bonds. The summed E-state index contributed by atoms with van der Waals surface area (Å²) in [6.07, 6.45) is 1.25. The number of likely N-dealkylation sites (N-methyl/N-ethyl adjacent to an activating group) is 1. The lowest BCUT2D eigenvalue weighted by Crippen LogP contribution is -2.40. The summed E-state index contributed by atoms with van der Waals surface area (Å²) < 4.78 is 33.1. The van der Waals surface area contributed by atoms with Crippen molar-refractivity contribution in [3.63, 3.8) is 0 Å². The molecule has 0 aliphatic heterocycles. The molecule has 0 bridgehead atoms. The third-order valence-corrected chi connectivity index (χ3v) is 6.63. The van der Waals surface area contributed by atoms with Gasteiger partial charge in [-0.1, -0.05) is 30.1 Å². The van der Waals surface area contributed by atoms with Gasteiger partial charge in [0.25, 0.3) is 5.56 Å². The number of hydrogen-bond donors (Lipinski definition) is 0. The molecule has 1 heterocycles. The zero-order valence-corrected chi connectivity index (χ0v) is 16.8. The second-order valence-corrected chi connectivity index (χ2v) is 8.21. The van der Waals surface area contributed by atoms with Gasteiger partial charge in [-0.05, 0) is 31.2 Å². The molecule has 0 spiro atoms. The van der Waals surface area contributed by atoms with E-state index in [4.69, 9.17) is 27.9 Å². The lowest BCUT2D eigenvalue weighted by molar-refractivity contribution is 0.142. The van der Waals surface area contributed by atoms with Gasteiger partial charge in [0.05, 0.1) is 28.4 Å². The van der Waals surface area contributed by atoms with Crippen molar-refractivity contribution in [2.75, 3.05) is 20.3 Å². The van der Waals surface area contributed by atoms with E-state index in [-0.39, 0.29) is 27.6 Å². The summed E-state index contributed by atoms with van der Waals surface area (Å²) in [5.74, 6) is 0. The van der Waals surface area contributed by atoms with Crippen LogP contribution in [0.25, 0.3) is 5.69 Å². The summed E-state index contributed by atoms with van der Waals surface area (Å²) in [5.41, 5.74) is -0.209. The summed E-state index contributed by atoms with van der Waals surface area (Å²) in [6.45, 7) is 4.13. The van der Waals surface area contributed by atoms with Gasteiger partial charge in [-0.3, -0.25) is 4.79 Å². The van der Waals surface area contributed by atoms with Gasteiger partial charge in [-0.2, -0.15) is 14.1 Å². The van der Waals surface area contributed by atoms with Crippen molar-refractivity contribution in [1.29, 1.82) is 0 Å². The van der Waals surface area contributed by atoms with Crippen LogP contribution in [0.3, 0.4) is 0 Å². The van der Waals surface area contributed by atoms with Crippen LogP contribution < -0.4 is 5.56 Å². The van der Waals surface area contributed by atoms with E-state index in [1.165, 1.54) is 41.9 Å². The fourth-order valence-electron chi connectivity index (χ4n) is 2.53. The quantitative estimate of drug-likeness (QED) is 0.688. The van der Waals surface area contributed by atoms with Crippen LogP contribution in [0, 0.1) is 0 Å². The largest absolute Gasteiger partial charge is 0.383 e. The lowest BCUT2D eigenvalue weighted by Gasteiger charge is -2.26. The van der Waals surface area contributed by atoms with Crippen molar-refractivity contribution in [2.24, 2.45) is 0 Å². The minimum atomic E-state index is -3.70. The zero-order valence-electron chi connectivity index (χ0n) is 14.5. The maximum atomic E-state index is 12.8. The number of rotatable bonds is 7. The average molecular weight is 420 g/mol. The first-order chi connectivity index (χ1) is 12.2. The van der Waals surface area contributed by atoms with E-state index in [0.29, 0.717) is 12.2 Å². The molecule has 0 saturated heterocycles. The Labute approximate surface area is 162 Å². The summed E-state index contributed by atoms with van der Waals surface area (Å²) >= 11 is 11.6. The van der Waals surface area contributed by atoms with Gasteiger partial charge in [0.2, 0.25) is 10.0 Å². The van der Waals surface area contributed by atoms with Crippen molar-refractivity contribution < 1.29 is 13.2 Å². The van der Waals surface area contributed by atoms with Crippen LogP contribution in [0.1, 0.15) is 13.8 Å². The number of nitrogens with zero attached hydrogens (tertiary/aromatic N) is 3. The predicted molar refractivity (Wildman–Crippen MR) is 101 cm³/mol. The monoisotopic (exact) mass is 419 g/mol. The van der Waals surface area contributed by atoms with E-state index in [0.717, 1.165) is 4.68 Å². The minimum absolute atomic E-state index is 0.0535. The number of methoxy groups -OCH3 is 1. The summed E-state index contributed by atoms with van der Waals surface area (Å²) in [5, 5.41) is 3.82. The molecule has 0 N–H and O–H groups in total. The Morgan fingerprint density at radius 3 is 2.42 bits per heavy atom. The molecule has 1 atom stereocenters. The van der Waals surface area contributed by atoms with E-state index in [2.05, 4.69) is 5.10 Å². The first-order valence-corrected chi connectivity index (χ1v) is 9.98. The van der Waals surface area contributed by atoms with E-state index < -0.39 is 15.6 Å². The molecule has 0 fully saturated rings. The van der Waals surface area contributed by atoms with Crippen LogP contribution in [0.2, 0.25) is 10.0 Å². The molecule has 1 aromatic heterocycles. The Bertz CT molecular complexity index is 930. The average Bonchev–Trinajstić information content (AvgIpc) is 2.60. The summed E-state index contributed by atoms with van der Waals surface area (Å²) in [7, 11) is -2.18. The fourth-order valence-corrected chi connectivity index (χ4v) is 4.41. The van der Waals surface area contributed by atoms with Crippen LogP contribution in [0.5, 0.6) is 0 Å². The molecule has 1 aromatic carbocycles. The first kappa shape index (κ1) is 20.9. The minimum Gasteiger partial charge on any atom is -0.383 e. The highest BCUT2D eigenvalue weighted by molar-refractivity contribution is 7.89. The summed E-state index contributed by atoms with van der Waals surface area (Å²) in [6, 6.07) is 5.50. The lowest BCUT2D eigenvalue weighted by atomic mass is 10.3. The normalized spacial score (nSPS) is 13.2. The maximum Gasteiger partial charge on any atom is 0.291 e. The second-order valence-electron chi connectivity index (χ2n) is 5.53. The molecule has 142 valence electrons. The predicted octanol–water partition coefficient (Wildman–Crippen LogP) is 2.58. The standard InChI is InChI=1S/C16H19Cl2N3O4S/c1-4-20(11(2)10-25-3)26(23,24)13-7-5-12(6-8-13)21-16(22)15(18)14(17)9-19-21/h5-9,11H,4,10H2,1-3H3/t11-/m1/s1. The van der Waals surface area contributed by atoms with Crippen molar-refractivity contribution in [1.82, 2.24) is 14.1 Å². The molecule has 2 aromatic rings. The van der Waals surface area contributed by atoms with Gasteiger partial charge in [0.1, 0.15) is 5.02 Å². The Hall–Kier alpha value is -1.45. The Morgan fingerprint density at radius 1 is 1.27 bits per heavy atom. The molecule has 0 aliphatic carbocycles. The number of aromatic nitrogens is 2. The molecule has 0 aliphatic rings. The molecule has 10 heteroatoms. The van der Waals surface area contributed by atoms with E-state index in [1.807, 2.05) is 0 Å². The van der Waals surface area contributed by atoms with Crippen LogP contribution in [-0.2, 0) is 14.8 Å². The Kier molecular flexibility index (Phi) is 6.81. The zero-order chi connectivity index (χ0) is 19.5. The van der Waals surface area contributed by atoms with Crippen LogP contribution in [0.15, 0.2) is 40.2 Å². The van der Waals surface area contributed by atoms with E-state index >= 15 is 0 Å². The summed E-state index contributed by atoms with van der Waals surface area (Å²) in [4.78, 5) is 12.2. The molecule has 2 rings (SSSR count). The smallest absolute Gasteiger partial charge is 0.291 e. The Balaban J connectivity index is 2.40. The van der Waals surface area contributed by atoms with E-state index in [9.17, 15) is 13.2 Å². The Morgan fingerprint density at radius 2 is 1.88 bits per heavy atom. The van der Waals surface area contributed by atoms with Crippen LogP contribution in [-0.4, -0.2) is 48.8 Å². The third-order valence-electron chi connectivity index (χ3n) is 3.78. The highest BCUT2D eigenvalue weighted by Gasteiger charge is 2.27. The van der Waals surface area contributed by atoms with Gasteiger partial charge < -0.3 is 4.74 Å². The number of benzene rings is 1. The van der Waals surface area contributed by atoms with Gasteiger partial charge in [0, 0.05) is 19.7 Å². The molecular weight excluding hydrogens is 401 g/mol. The molecule has 0 unspecified atom stereocenters. The van der Waals surface area contributed by atoms with Gasteiger partial charge in [-0.15, -0.1) is 0 Å². The highest BCUT2D eigenvalue weighted by atomic mass is 35.5. The van der Waals surface area contributed by atoms with Gasteiger partial charge in [-0.25, -0.2) is 8.42 Å². The topological polar surface area (TPSA) is 81.5 Å². The molecule has 0 radical (unpaired) electrons. The van der Waals surface area contributed by atoms with Crippen LogP contribution >= 0.6 is 23.2 Å². The van der Waals surface area contributed by atoms with E-state index in [1.54, 1.807) is 13.8 Å². The molecule has 7 nitrogen and oxygen atoms in total. The number of sulfonamides is 1. The molecule has 0 saturated carbocycles. The number of halogens is 2. The van der Waals surface area contributed by atoms with Crippen molar-refractivity contribution >= 4 is 33.2 Å². The van der Waals surface area contributed by atoms with Crippen molar-refractivity contribution in [3.05, 3.63) is 50.9 Å². The third kappa shape index (κ3) is 4.10. The molecule has 26 heavy (non-hydrogen) atoms. The molecular formula is C16H19Cl2N3O4S. The van der Waals surface area contributed by atoms with Crippen LogP contribution in [0.4, 0.5) is 0 Å². The maximum absolute atomic E-state index is 12.8. The highest BCUT2D eigenvalue weighted by Crippen LogP contribution is 2.21. The first-order valence-electron chi connectivity index (χ1n) is 7.78.